The van der Waals surface area contributed by atoms with Crippen LogP contribution >= 0.6 is 0 Å². The van der Waals surface area contributed by atoms with Crippen LogP contribution in [-0.4, -0.2) is 17.2 Å². The third kappa shape index (κ3) is 3.90. The Morgan fingerprint density at radius 3 is 2.81 bits per heavy atom. The SMILES string of the molecule is C=C(C)Oc1cc(O)ccc1COCOO. The summed E-state index contributed by atoms with van der Waals surface area (Å²) in [6, 6.07) is 4.64. The second-order valence-electron chi connectivity index (χ2n) is 3.19. The summed E-state index contributed by atoms with van der Waals surface area (Å²) in [5, 5.41) is 17.4. The van der Waals surface area contributed by atoms with Gasteiger partial charge in [-0.3, -0.25) is 0 Å². The fourth-order valence-corrected chi connectivity index (χ4v) is 1.13. The van der Waals surface area contributed by atoms with Crippen molar-refractivity contribution < 1.29 is 24.7 Å². The molecule has 1 aromatic carbocycles. The van der Waals surface area contributed by atoms with Crippen LogP contribution in [0.2, 0.25) is 0 Å². The van der Waals surface area contributed by atoms with Crippen LogP contribution in [0.1, 0.15) is 12.5 Å². The molecule has 5 nitrogen and oxygen atoms in total. The summed E-state index contributed by atoms with van der Waals surface area (Å²) in [5.74, 6) is 1.06. The molecule has 16 heavy (non-hydrogen) atoms. The lowest BCUT2D eigenvalue weighted by Crippen LogP contribution is -2.00. The van der Waals surface area contributed by atoms with E-state index in [0.29, 0.717) is 11.5 Å². The zero-order valence-corrected chi connectivity index (χ0v) is 8.97. The predicted molar refractivity (Wildman–Crippen MR) is 56.9 cm³/mol. The zero-order chi connectivity index (χ0) is 12.0. The number of hydrogen-bond donors (Lipinski definition) is 2. The van der Waals surface area contributed by atoms with Gasteiger partial charge in [0.15, 0.2) is 6.79 Å². The lowest BCUT2D eigenvalue weighted by Gasteiger charge is -2.11. The Labute approximate surface area is 93.4 Å². The summed E-state index contributed by atoms with van der Waals surface area (Å²) < 4.78 is 10.3. The molecule has 0 saturated carbocycles. The minimum Gasteiger partial charge on any atom is -0.508 e. The molecule has 5 heteroatoms. The molecule has 0 bridgehead atoms. The number of phenolic OH excluding ortho intramolecular Hbond substituents is 1. The zero-order valence-electron chi connectivity index (χ0n) is 8.97. The van der Waals surface area contributed by atoms with E-state index in [9.17, 15) is 5.11 Å². The van der Waals surface area contributed by atoms with Gasteiger partial charge in [-0.25, -0.2) is 10.1 Å². The standard InChI is InChI=1S/C11H14O5/c1-8(2)16-11-5-10(12)4-3-9(11)6-14-7-15-13/h3-5,12-13H,1,6-7H2,2H3. The van der Waals surface area contributed by atoms with Crippen LogP contribution < -0.4 is 4.74 Å². The second-order valence-corrected chi connectivity index (χ2v) is 3.19. The average Bonchev–Trinajstić information content (AvgIpc) is 2.20. The van der Waals surface area contributed by atoms with Gasteiger partial charge in [-0.1, -0.05) is 6.58 Å². The smallest absolute Gasteiger partial charge is 0.180 e. The molecule has 0 atom stereocenters. The highest BCUT2D eigenvalue weighted by molar-refractivity contribution is 5.40. The maximum absolute atomic E-state index is 9.31. The molecule has 0 aliphatic heterocycles. The Bertz CT molecular complexity index is 361. The Kier molecular flexibility index (Phi) is 4.78. The van der Waals surface area contributed by atoms with Gasteiger partial charge in [0.05, 0.1) is 12.4 Å². The number of benzene rings is 1. The van der Waals surface area contributed by atoms with Crippen molar-refractivity contribution in [2.24, 2.45) is 0 Å². The Balaban J connectivity index is 2.76. The maximum atomic E-state index is 9.31. The van der Waals surface area contributed by atoms with Crippen LogP contribution in [0.15, 0.2) is 30.5 Å². The van der Waals surface area contributed by atoms with Gasteiger partial charge in [-0.05, 0) is 19.1 Å². The lowest BCUT2D eigenvalue weighted by atomic mass is 10.2. The fraction of sp³-hybridized carbons (Fsp3) is 0.273. The van der Waals surface area contributed by atoms with Gasteiger partial charge in [0.1, 0.15) is 11.5 Å². The minimum atomic E-state index is -0.229. The Hall–Kier alpha value is -1.56. The monoisotopic (exact) mass is 226 g/mol. The summed E-state index contributed by atoms with van der Waals surface area (Å²) >= 11 is 0. The third-order valence-electron chi connectivity index (χ3n) is 1.73. The molecule has 0 unspecified atom stereocenters. The topological polar surface area (TPSA) is 68.2 Å². The summed E-state index contributed by atoms with van der Waals surface area (Å²) in [6.07, 6.45) is 0. The molecule has 0 radical (unpaired) electrons. The first-order chi connectivity index (χ1) is 7.63. The molecule has 0 saturated heterocycles. The second kappa shape index (κ2) is 6.12. The van der Waals surface area contributed by atoms with Crippen molar-refractivity contribution >= 4 is 0 Å². The summed E-state index contributed by atoms with van der Waals surface area (Å²) in [5.41, 5.74) is 0.720. The van der Waals surface area contributed by atoms with Gasteiger partial charge >= 0.3 is 0 Å². The fourth-order valence-electron chi connectivity index (χ4n) is 1.13. The van der Waals surface area contributed by atoms with Crippen LogP contribution in [0.4, 0.5) is 0 Å². The van der Waals surface area contributed by atoms with Gasteiger partial charge in [0.25, 0.3) is 0 Å². The van der Waals surface area contributed by atoms with Crippen LogP contribution in [-0.2, 0) is 16.2 Å². The predicted octanol–water partition coefficient (Wildman–Crippen LogP) is 2.27. The van der Waals surface area contributed by atoms with Crippen molar-refractivity contribution in [2.75, 3.05) is 6.79 Å². The van der Waals surface area contributed by atoms with Crippen molar-refractivity contribution in [2.45, 2.75) is 13.5 Å². The molecular formula is C11H14O5. The van der Waals surface area contributed by atoms with Crippen molar-refractivity contribution in [3.63, 3.8) is 0 Å². The largest absolute Gasteiger partial charge is 0.508 e. The van der Waals surface area contributed by atoms with Crippen LogP contribution in [0.3, 0.4) is 0 Å². The highest BCUT2D eigenvalue weighted by atomic mass is 17.1. The van der Waals surface area contributed by atoms with Crippen LogP contribution in [0, 0.1) is 0 Å². The van der Waals surface area contributed by atoms with Crippen LogP contribution in [0.5, 0.6) is 11.5 Å². The van der Waals surface area contributed by atoms with E-state index < -0.39 is 0 Å². The molecule has 88 valence electrons. The quantitative estimate of drug-likeness (QED) is 0.256. The average molecular weight is 226 g/mol. The van der Waals surface area contributed by atoms with Gasteiger partial charge in [-0.15, -0.1) is 0 Å². The summed E-state index contributed by atoms with van der Waals surface area (Å²) in [7, 11) is 0. The molecule has 1 rings (SSSR count). The summed E-state index contributed by atoms with van der Waals surface area (Å²) in [6.45, 7) is 5.28. The van der Waals surface area contributed by atoms with E-state index in [4.69, 9.17) is 14.7 Å². The molecular weight excluding hydrogens is 212 g/mol. The van der Waals surface area contributed by atoms with Gasteiger partial charge in [0.2, 0.25) is 0 Å². The first-order valence-corrected chi connectivity index (χ1v) is 4.63. The Morgan fingerprint density at radius 1 is 1.44 bits per heavy atom. The van der Waals surface area contributed by atoms with E-state index >= 15 is 0 Å². The number of allylic oxidation sites excluding steroid dienone is 1. The third-order valence-corrected chi connectivity index (χ3v) is 1.73. The van der Waals surface area contributed by atoms with E-state index in [-0.39, 0.29) is 19.1 Å². The summed E-state index contributed by atoms with van der Waals surface area (Å²) in [4.78, 5) is 3.78. The highest BCUT2D eigenvalue weighted by Crippen LogP contribution is 2.26. The minimum absolute atomic E-state index is 0.0957. The van der Waals surface area contributed by atoms with E-state index in [1.807, 2.05) is 0 Å². The van der Waals surface area contributed by atoms with Crippen molar-refractivity contribution in [3.05, 3.63) is 36.1 Å². The maximum Gasteiger partial charge on any atom is 0.180 e. The highest BCUT2D eigenvalue weighted by Gasteiger charge is 2.06. The lowest BCUT2D eigenvalue weighted by molar-refractivity contribution is -0.298. The molecule has 1 aromatic rings. The van der Waals surface area contributed by atoms with E-state index in [2.05, 4.69) is 11.5 Å². The van der Waals surface area contributed by atoms with E-state index in [0.717, 1.165) is 5.56 Å². The first-order valence-electron chi connectivity index (χ1n) is 4.63. The number of hydrogen-bond acceptors (Lipinski definition) is 5. The van der Waals surface area contributed by atoms with Crippen molar-refractivity contribution in [1.82, 2.24) is 0 Å². The van der Waals surface area contributed by atoms with Crippen molar-refractivity contribution in [1.29, 1.82) is 0 Å². The van der Waals surface area contributed by atoms with E-state index in [1.54, 1.807) is 13.0 Å². The molecule has 0 fully saturated rings. The normalized spacial score (nSPS) is 10.1. The molecule has 0 amide bonds. The first kappa shape index (κ1) is 12.5. The molecule has 0 aliphatic rings. The molecule has 0 aromatic heterocycles. The number of ether oxygens (including phenoxy) is 2. The number of phenols is 1. The number of aromatic hydroxyl groups is 1. The van der Waals surface area contributed by atoms with E-state index in [1.165, 1.54) is 12.1 Å². The van der Waals surface area contributed by atoms with Crippen molar-refractivity contribution in [3.8, 4) is 11.5 Å². The number of rotatable bonds is 6. The van der Waals surface area contributed by atoms with Gasteiger partial charge < -0.3 is 14.6 Å². The van der Waals surface area contributed by atoms with Crippen LogP contribution in [0.25, 0.3) is 0 Å². The van der Waals surface area contributed by atoms with Gasteiger partial charge in [0, 0.05) is 11.6 Å². The molecule has 2 N–H and O–H groups in total. The Morgan fingerprint density at radius 2 is 2.19 bits per heavy atom. The molecule has 0 aliphatic carbocycles. The van der Waals surface area contributed by atoms with Gasteiger partial charge in [-0.2, -0.15) is 0 Å². The molecule has 0 heterocycles. The molecule has 0 spiro atoms.